The van der Waals surface area contributed by atoms with Crippen LogP contribution in [0, 0.1) is 6.92 Å². The molecular formula is C15H17N3O3. The number of hydrogen-bond acceptors (Lipinski definition) is 4. The predicted molar refractivity (Wildman–Crippen MR) is 78.9 cm³/mol. The minimum Gasteiger partial charge on any atom is -0.475 e. The third-order valence-corrected chi connectivity index (χ3v) is 2.88. The van der Waals surface area contributed by atoms with E-state index in [9.17, 15) is 9.59 Å². The molecule has 0 saturated heterocycles. The van der Waals surface area contributed by atoms with Crippen molar-refractivity contribution in [2.24, 2.45) is 5.73 Å². The second-order valence-electron chi connectivity index (χ2n) is 4.91. The number of ether oxygens (including phenoxy) is 1. The molecule has 2 heterocycles. The Labute approximate surface area is 122 Å². The van der Waals surface area contributed by atoms with Gasteiger partial charge in [0.05, 0.1) is 11.8 Å². The van der Waals surface area contributed by atoms with Crippen LogP contribution >= 0.6 is 0 Å². The Morgan fingerprint density at radius 3 is 2.67 bits per heavy atom. The maximum Gasteiger partial charge on any atom is 0.268 e. The lowest BCUT2D eigenvalue weighted by molar-refractivity contribution is 0.0998. The van der Waals surface area contributed by atoms with Gasteiger partial charge in [0.15, 0.2) is 0 Å². The van der Waals surface area contributed by atoms with Crippen molar-refractivity contribution in [3.05, 3.63) is 52.1 Å². The van der Waals surface area contributed by atoms with E-state index in [2.05, 4.69) is 4.98 Å². The van der Waals surface area contributed by atoms with Gasteiger partial charge in [-0.3, -0.25) is 14.2 Å². The molecule has 2 N–H and O–H groups in total. The average molecular weight is 287 g/mol. The van der Waals surface area contributed by atoms with Gasteiger partial charge in [0.2, 0.25) is 5.88 Å². The molecule has 0 aliphatic rings. The van der Waals surface area contributed by atoms with Crippen molar-refractivity contribution in [2.45, 2.75) is 26.9 Å². The van der Waals surface area contributed by atoms with Gasteiger partial charge in [-0.1, -0.05) is 0 Å². The zero-order chi connectivity index (χ0) is 15.6. The quantitative estimate of drug-likeness (QED) is 0.921. The van der Waals surface area contributed by atoms with E-state index in [4.69, 9.17) is 10.5 Å². The third kappa shape index (κ3) is 3.10. The highest BCUT2D eigenvalue weighted by molar-refractivity contribution is 5.92. The van der Waals surface area contributed by atoms with E-state index in [0.29, 0.717) is 17.3 Å². The van der Waals surface area contributed by atoms with E-state index < -0.39 is 11.5 Å². The SMILES string of the molecule is Cc1ccc(C(N)=O)c(=O)n1-c1ccnc(OC(C)C)c1. The summed E-state index contributed by atoms with van der Waals surface area (Å²) in [5, 5.41) is 0. The van der Waals surface area contributed by atoms with Crippen molar-refractivity contribution in [3.8, 4) is 11.6 Å². The van der Waals surface area contributed by atoms with E-state index in [1.165, 1.54) is 10.6 Å². The molecule has 2 aromatic heterocycles. The summed E-state index contributed by atoms with van der Waals surface area (Å²) in [6.07, 6.45) is 1.53. The van der Waals surface area contributed by atoms with E-state index in [1.54, 1.807) is 31.3 Å². The number of aromatic nitrogens is 2. The van der Waals surface area contributed by atoms with Crippen LogP contribution in [0.1, 0.15) is 29.9 Å². The second-order valence-corrected chi connectivity index (χ2v) is 4.91. The van der Waals surface area contributed by atoms with Gasteiger partial charge in [0.25, 0.3) is 11.5 Å². The Balaban J connectivity index is 2.59. The first kappa shape index (κ1) is 14.8. The number of rotatable bonds is 4. The van der Waals surface area contributed by atoms with Crippen LogP contribution in [-0.2, 0) is 0 Å². The Hall–Kier alpha value is -2.63. The van der Waals surface area contributed by atoms with Gasteiger partial charge in [0.1, 0.15) is 5.56 Å². The van der Waals surface area contributed by atoms with Gasteiger partial charge in [0, 0.05) is 18.0 Å². The molecule has 6 heteroatoms. The van der Waals surface area contributed by atoms with E-state index in [-0.39, 0.29) is 11.7 Å². The number of carbonyl (C=O) groups is 1. The molecule has 0 aliphatic heterocycles. The number of aryl methyl sites for hydroxylation is 1. The highest BCUT2D eigenvalue weighted by atomic mass is 16.5. The van der Waals surface area contributed by atoms with Crippen LogP contribution in [0.4, 0.5) is 0 Å². The fourth-order valence-electron chi connectivity index (χ4n) is 1.98. The molecule has 0 radical (unpaired) electrons. The maximum absolute atomic E-state index is 12.4. The first-order valence-electron chi connectivity index (χ1n) is 6.55. The third-order valence-electron chi connectivity index (χ3n) is 2.88. The molecule has 0 saturated carbocycles. The van der Waals surface area contributed by atoms with Gasteiger partial charge in [-0.05, 0) is 39.0 Å². The minimum atomic E-state index is -0.749. The summed E-state index contributed by atoms with van der Waals surface area (Å²) >= 11 is 0. The molecule has 110 valence electrons. The summed E-state index contributed by atoms with van der Waals surface area (Å²) < 4.78 is 6.93. The lowest BCUT2D eigenvalue weighted by atomic mass is 10.2. The monoisotopic (exact) mass is 287 g/mol. The zero-order valence-corrected chi connectivity index (χ0v) is 12.2. The fourth-order valence-corrected chi connectivity index (χ4v) is 1.98. The van der Waals surface area contributed by atoms with Crippen LogP contribution in [0.2, 0.25) is 0 Å². The molecule has 2 aromatic rings. The summed E-state index contributed by atoms with van der Waals surface area (Å²) in [5.41, 5.74) is 5.97. The molecule has 0 aliphatic carbocycles. The number of hydrogen-bond donors (Lipinski definition) is 1. The summed E-state index contributed by atoms with van der Waals surface area (Å²) in [7, 11) is 0. The Kier molecular flexibility index (Phi) is 4.07. The lowest BCUT2D eigenvalue weighted by Gasteiger charge is -2.13. The van der Waals surface area contributed by atoms with Crippen molar-refractivity contribution >= 4 is 5.91 Å². The molecule has 0 unspecified atom stereocenters. The number of nitrogens with two attached hydrogens (primary N) is 1. The summed E-state index contributed by atoms with van der Waals surface area (Å²) in [4.78, 5) is 27.8. The molecule has 0 aromatic carbocycles. The Morgan fingerprint density at radius 1 is 1.33 bits per heavy atom. The van der Waals surface area contributed by atoms with Crippen molar-refractivity contribution < 1.29 is 9.53 Å². The summed E-state index contributed by atoms with van der Waals surface area (Å²) in [6, 6.07) is 6.43. The number of nitrogens with zero attached hydrogens (tertiary/aromatic N) is 2. The van der Waals surface area contributed by atoms with Crippen molar-refractivity contribution in [2.75, 3.05) is 0 Å². The molecule has 1 amide bonds. The average Bonchev–Trinajstić information content (AvgIpc) is 2.38. The van der Waals surface area contributed by atoms with E-state index in [0.717, 1.165) is 0 Å². The number of carbonyl (C=O) groups excluding carboxylic acids is 1. The van der Waals surface area contributed by atoms with Gasteiger partial charge in [-0.25, -0.2) is 4.98 Å². The zero-order valence-electron chi connectivity index (χ0n) is 12.2. The van der Waals surface area contributed by atoms with E-state index in [1.807, 2.05) is 13.8 Å². The van der Waals surface area contributed by atoms with Crippen LogP contribution in [-0.4, -0.2) is 21.6 Å². The topological polar surface area (TPSA) is 87.2 Å². The molecule has 0 bridgehead atoms. The van der Waals surface area contributed by atoms with Crippen molar-refractivity contribution in [3.63, 3.8) is 0 Å². The maximum atomic E-state index is 12.4. The Bertz CT molecular complexity index is 735. The molecule has 2 rings (SSSR count). The highest BCUT2D eigenvalue weighted by Gasteiger charge is 2.13. The van der Waals surface area contributed by atoms with Crippen molar-refractivity contribution in [1.29, 1.82) is 0 Å². The molecule has 0 fully saturated rings. The largest absolute Gasteiger partial charge is 0.475 e. The minimum absolute atomic E-state index is 0.0254. The highest BCUT2D eigenvalue weighted by Crippen LogP contribution is 2.15. The van der Waals surface area contributed by atoms with Gasteiger partial charge < -0.3 is 10.5 Å². The molecule has 0 spiro atoms. The summed E-state index contributed by atoms with van der Waals surface area (Å²) in [5.74, 6) is -0.334. The number of primary amides is 1. The van der Waals surface area contributed by atoms with Gasteiger partial charge in [-0.15, -0.1) is 0 Å². The number of amides is 1. The summed E-state index contributed by atoms with van der Waals surface area (Å²) in [6.45, 7) is 5.55. The van der Waals surface area contributed by atoms with Crippen LogP contribution in [0.5, 0.6) is 5.88 Å². The predicted octanol–water partition coefficient (Wildman–Crippen LogP) is 1.43. The lowest BCUT2D eigenvalue weighted by Crippen LogP contribution is -2.29. The molecule has 0 atom stereocenters. The van der Waals surface area contributed by atoms with Crippen molar-refractivity contribution in [1.82, 2.24) is 9.55 Å². The second kappa shape index (κ2) is 5.78. The molecule has 6 nitrogen and oxygen atoms in total. The van der Waals surface area contributed by atoms with Crippen LogP contribution < -0.4 is 16.0 Å². The van der Waals surface area contributed by atoms with Gasteiger partial charge in [-0.2, -0.15) is 0 Å². The first-order chi connectivity index (χ1) is 9.90. The first-order valence-corrected chi connectivity index (χ1v) is 6.55. The fraction of sp³-hybridized carbons (Fsp3) is 0.267. The smallest absolute Gasteiger partial charge is 0.268 e. The number of pyridine rings is 2. The van der Waals surface area contributed by atoms with Crippen LogP contribution in [0.15, 0.2) is 35.3 Å². The van der Waals surface area contributed by atoms with Crippen LogP contribution in [0.3, 0.4) is 0 Å². The van der Waals surface area contributed by atoms with E-state index >= 15 is 0 Å². The molecule has 21 heavy (non-hydrogen) atoms. The van der Waals surface area contributed by atoms with Gasteiger partial charge >= 0.3 is 0 Å². The normalized spacial score (nSPS) is 10.7. The molecular weight excluding hydrogens is 270 g/mol. The van der Waals surface area contributed by atoms with Crippen LogP contribution in [0.25, 0.3) is 5.69 Å². The Morgan fingerprint density at radius 2 is 2.05 bits per heavy atom. The standard InChI is InChI=1S/C15H17N3O3/c1-9(2)21-13-8-11(6-7-17-13)18-10(3)4-5-12(14(16)19)15(18)20/h4-9H,1-3H3,(H2,16,19).